The molecule has 1 saturated heterocycles. The molecule has 1 amide bonds. The summed E-state index contributed by atoms with van der Waals surface area (Å²) in [6.07, 6.45) is -5.52. The Morgan fingerprint density at radius 3 is 2.57 bits per heavy atom. The number of carboxylic acid groups (broad SMARTS) is 1. The maximum atomic E-state index is 11.9. The summed E-state index contributed by atoms with van der Waals surface area (Å²) in [5.41, 5.74) is -1.72. The van der Waals surface area contributed by atoms with E-state index in [1.165, 1.54) is 7.05 Å². The topological polar surface area (TPSA) is 165 Å². The second kappa shape index (κ2) is 6.50. The number of H-pyrrole nitrogens is 1. The van der Waals surface area contributed by atoms with Crippen molar-refractivity contribution in [1.82, 2.24) is 14.5 Å². The molecular weight excluding hydrogens is 314 g/mol. The summed E-state index contributed by atoms with van der Waals surface area (Å²) in [4.78, 5) is 37.3. The lowest BCUT2D eigenvalue weighted by Gasteiger charge is -2.19. The minimum absolute atomic E-state index is 0.0489. The molecule has 5 N–H and O–H groups in total. The van der Waals surface area contributed by atoms with Crippen LogP contribution in [0.3, 0.4) is 0 Å². The first-order chi connectivity index (χ1) is 10.8. The number of aliphatic hydroxyl groups excluding tert-OH is 3. The van der Waals surface area contributed by atoms with E-state index in [1.54, 1.807) is 0 Å². The van der Waals surface area contributed by atoms with Crippen LogP contribution in [0.5, 0.6) is 0 Å². The maximum absolute atomic E-state index is 11.9. The zero-order valence-electron chi connectivity index (χ0n) is 12.1. The summed E-state index contributed by atoms with van der Waals surface area (Å²) >= 11 is 0. The highest BCUT2D eigenvalue weighted by atomic mass is 16.6. The third kappa shape index (κ3) is 3.27. The largest absolute Gasteiger partial charge is 0.465 e. The number of rotatable bonds is 4. The Morgan fingerprint density at radius 1 is 1.39 bits per heavy atom. The number of aromatic amines is 1. The van der Waals surface area contributed by atoms with Gasteiger partial charge < -0.3 is 30.1 Å². The number of amides is 1. The number of nitrogens with one attached hydrogen (secondary N) is 1. The number of aliphatic hydroxyl groups is 3. The molecule has 1 aliphatic rings. The zero-order valence-corrected chi connectivity index (χ0v) is 12.1. The molecule has 2 heterocycles. The normalized spacial score (nSPS) is 27.1. The van der Waals surface area contributed by atoms with Crippen molar-refractivity contribution in [2.24, 2.45) is 0 Å². The lowest BCUT2D eigenvalue weighted by atomic mass is 10.1. The summed E-state index contributed by atoms with van der Waals surface area (Å²) in [7, 11) is 1.24. The van der Waals surface area contributed by atoms with Gasteiger partial charge in [0.1, 0.15) is 18.3 Å². The number of aromatic nitrogens is 2. The quantitative estimate of drug-likeness (QED) is 0.396. The van der Waals surface area contributed by atoms with E-state index in [0.717, 1.165) is 15.7 Å². The van der Waals surface area contributed by atoms with Crippen LogP contribution in [0.15, 0.2) is 15.8 Å². The molecule has 1 aliphatic heterocycles. The van der Waals surface area contributed by atoms with Crippen molar-refractivity contribution in [1.29, 1.82) is 0 Å². The van der Waals surface area contributed by atoms with Gasteiger partial charge in [0.25, 0.3) is 5.56 Å². The Morgan fingerprint density at radius 2 is 2.04 bits per heavy atom. The van der Waals surface area contributed by atoms with Gasteiger partial charge in [-0.05, 0) is 0 Å². The first kappa shape index (κ1) is 17.1. The lowest BCUT2D eigenvalue weighted by molar-refractivity contribution is -0.0551. The zero-order chi connectivity index (χ0) is 17.3. The molecule has 128 valence electrons. The van der Waals surface area contributed by atoms with Gasteiger partial charge in [0.2, 0.25) is 0 Å². The average Bonchev–Trinajstić information content (AvgIpc) is 2.77. The molecule has 0 unspecified atom stereocenters. The van der Waals surface area contributed by atoms with E-state index in [0.29, 0.717) is 0 Å². The van der Waals surface area contributed by atoms with Gasteiger partial charge >= 0.3 is 11.8 Å². The fourth-order valence-electron chi connectivity index (χ4n) is 2.26. The van der Waals surface area contributed by atoms with Gasteiger partial charge in [-0.2, -0.15) is 0 Å². The second-order valence-electron chi connectivity index (χ2n) is 5.19. The van der Waals surface area contributed by atoms with Gasteiger partial charge in [-0.15, -0.1) is 0 Å². The smallest absolute Gasteiger partial charge is 0.407 e. The fourth-order valence-corrected chi connectivity index (χ4v) is 2.26. The van der Waals surface area contributed by atoms with Crippen LogP contribution in [0.2, 0.25) is 0 Å². The third-order valence-corrected chi connectivity index (χ3v) is 3.57. The molecule has 0 saturated carbocycles. The molecule has 1 aromatic heterocycles. The van der Waals surface area contributed by atoms with Crippen LogP contribution in [0.4, 0.5) is 4.79 Å². The van der Waals surface area contributed by atoms with Crippen LogP contribution in [-0.2, 0) is 11.3 Å². The second-order valence-corrected chi connectivity index (χ2v) is 5.19. The number of hydrogen-bond donors (Lipinski definition) is 5. The monoisotopic (exact) mass is 331 g/mol. The average molecular weight is 331 g/mol. The van der Waals surface area contributed by atoms with Crippen molar-refractivity contribution in [2.45, 2.75) is 31.1 Å². The highest BCUT2D eigenvalue weighted by molar-refractivity contribution is 5.64. The van der Waals surface area contributed by atoms with E-state index in [1.807, 2.05) is 4.98 Å². The summed E-state index contributed by atoms with van der Waals surface area (Å²) < 4.78 is 6.05. The van der Waals surface area contributed by atoms with E-state index in [-0.39, 0.29) is 12.1 Å². The Kier molecular flexibility index (Phi) is 4.85. The van der Waals surface area contributed by atoms with E-state index in [4.69, 9.17) is 14.9 Å². The molecule has 0 spiro atoms. The molecule has 1 aromatic rings. The minimum atomic E-state index is -1.50. The molecule has 0 bridgehead atoms. The Labute approximate surface area is 129 Å². The summed E-state index contributed by atoms with van der Waals surface area (Å²) in [5, 5.41) is 37.5. The number of carbonyl (C=O) groups is 1. The number of nitrogens with zero attached hydrogens (tertiary/aromatic N) is 2. The van der Waals surface area contributed by atoms with E-state index in [9.17, 15) is 24.6 Å². The lowest BCUT2D eigenvalue weighted by Crippen LogP contribution is -2.40. The first-order valence-corrected chi connectivity index (χ1v) is 6.67. The van der Waals surface area contributed by atoms with Crippen LogP contribution in [0, 0.1) is 0 Å². The van der Waals surface area contributed by atoms with Crippen molar-refractivity contribution in [2.75, 3.05) is 13.7 Å². The first-order valence-electron chi connectivity index (χ1n) is 6.67. The van der Waals surface area contributed by atoms with E-state index >= 15 is 0 Å². The molecule has 0 aromatic carbocycles. The van der Waals surface area contributed by atoms with Crippen molar-refractivity contribution < 1.29 is 30.0 Å². The number of ether oxygens (including phenoxy) is 1. The fraction of sp³-hybridized carbons (Fsp3) is 0.583. The van der Waals surface area contributed by atoms with Gasteiger partial charge in [-0.25, -0.2) is 9.59 Å². The van der Waals surface area contributed by atoms with Crippen molar-refractivity contribution >= 4 is 6.09 Å². The Bertz CT molecular complexity index is 698. The van der Waals surface area contributed by atoms with E-state index in [2.05, 4.69) is 0 Å². The predicted octanol–water partition coefficient (Wildman–Crippen LogP) is -2.74. The molecule has 23 heavy (non-hydrogen) atoms. The highest BCUT2D eigenvalue weighted by Gasteiger charge is 2.43. The van der Waals surface area contributed by atoms with Gasteiger partial charge in [0.05, 0.1) is 18.7 Å². The van der Waals surface area contributed by atoms with Crippen molar-refractivity contribution in [3.8, 4) is 0 Å². The highest BCUT2D eigenvalue weighted by Crippen LogP contribution is 2.27. The minimum Gasteiger partial charge on any atom is -0.465 e. The molecule has 11 nitrogen and oxygen atoms in total. The third-order valence-electron chi connectivity index (χ3n) is 3.57. The van der Waals surface area contributed by atoms with Gasteiger partial charge in [-0.3, -0.25) is 14.3 Å². The molecule has 11 heteroatoms. The van der Waals surface area contributed by atoms with Crippen molar-refractivity contribution in [3.63, 3.8) is 0 Å². The maximum Gasteiger partial charge on any atom is 0.407 e. The molecule has 1 fully saturated rings. The Hall–Kier alpha value is -2.21. The van der Waals surface area contributed by atoms with Crippen molar-refractivity contribution in [3.05, 3.63) is 32.6 Å². The summed E-state index contributed by atoms with van der Waals surface area (Å²) in [6, 6.07) is 0. The summed E-state index contributed by atoms with van der Waals surface area (Å²) in [5.74, 6) is 0. The molecule has 0 aliphatic carbocycles. The predicted molar refractivity (Wildman–Crippen MR) is 73.8 cm³/mol. The van der Waals surface area contributed by atoms with Gasteiger partial charge in [0, 0.05) is 13.2 Å². The van der Waals surface area contributed by atoms with Crippen LogP contribution in [0.1, 0.15) is 11.8 Å². The van der Waals surface area contributed by atoms with Gasteiger partial charge in [0.15, 0.2) is 6.23 Å². The SMILES string of the molecule is CN(Cc1cn([C@H]2O[C@H](CO)[C@@H](O)[C@H]2O)c(=O)[nH]c1=O)C(=O)O. The molecule has 2 rings (SSSR count). The van der Waals surface area contributed by atoms with Crippen LogP contribution >= 0.6 is 0 Å². The van der Waals surface area contributed by atoms with Gasteiger partial charge in [-0.1, -0.05) is 0 Å². The Balaban J connectivity index is 2.38. The molecular formula is C12H17N3O8. The van der Waals surface area contributed by atoms with Crippen LogP contribution in [-0.4, -0.2) is 72.9 Å². The number of hydrogen-bond acceptors (Lipinski definition) is 7. The van der Waals surface area contributed by atoms with Crippen LogP contribution in [0.25, 0.3) is 0 Å². The van der Waals surface area contributed by atoms with Crippen LogP contribution < -0.4 is 11.2 Å². The standard InChI is InChI=1S/C12H17N3O8/c1-14(12(21)22)2-5-3-15(11(20)13-9(5)19)10-8(18)7(17)6(4-16)23-10/h3,6-8,10,16-18H,2,4H2,1H3,(H,21,22)(H,13,19,20)/t6-,7-,8-,10+/m1/s1. The summed E-state index contributed by atoms with van der Waals surface area (Å²) in [6.45, 7) is -0.860. The molecule has 4 atom stereocenters. The molecule has 0 radical (unpaired) electrons. The van der Waals surface area contributed by atoms with E-state index < -0.39 is 48.5 Å².